The van der Waals surface area contributed by atoms with E-state index in [-0.39, 0.29) is 30.0 Å². The lowest BCUT2D eigenvalue weighted by Crippen LogP contribution is -3.00. The Morgan fingerprint density at radius 2 is 1.83 bits per heavy atom. The predicted molar refractivity (Wildman–Crippen MR) is 166 cm³/mol. The zero-order valence-electron chi connectivity index (χ0n) is 23.4. The summed E-state index contributed by atoms with van der Waals surface area (Å²) in [7, 11) is 0. The molecule has 2 aromatic carbocycles. The van der Waals surface area contributed by atoms with E-state index >= 15 is 0 Å². The van der Waals surface area contributed by atoms with Crippen LogP contribution in [-0.4, -0.2) is 57.8 Å². The molecule has 0 bridgehead atoms. The van der Waals surface area contributed by atoms with Gasteiger partial charge in [-0.2, -0.15) is 0 Å². The summed E-state index contributed by atoms with van der Waals surface area (Å²) in [6.45, 7) is 10.6. The smallest absolute Gasteiger partial charge is 0.336 e. The fraction of sp³-hybridized carbons (Fsp3) is 0.290. The number of hydrogen-bond acceptors (Lipinski definition) is 6. The number of amides is 1. The van der Waals surface area contributed by atoms with Gasteiger partial charge in [0.05, 0.1) is 17.4 Å². The van der Waals surface area contributed by atoms with Crippen molar-refractivity contribution in [1.82, 2.24) is 9.48 Å². The van der Waals surface area contributed by atoms with Crippen molar-refractivity contribution in [2.24, 2.45) is 0 Å². The Labute approximate surface area is 255 Å². The monoisotopic (exact) mass is 609 g/mol. The Hall–Kier alpha value is -3.40. The zero-order chi connectivity index (χ0) is 28.6. The fourth-order valence-electron chi connectivity index (χ4n) is 5.54. The van der Waals surface area contributed by atoms with E-state index in [0.29, 0.717) is 33.5 Å². The van der Waals surface area contributed by atoms with Crippen molar-refractivity contribution in [3.05, 3.63) is 71.6 Å². The van der Waals surface area contributed by atoms with Crippen molar-refractivity contribution in [2.75, 3.05) is 30.3 Å². The molecular formula is C31H32ClN3O4S2. The Balaban J connectivity index is 0.00000387. The Morgan fingerprint density at radius 3 is 2.46 bits per heavy atom. The van der Waals surface area contributed by atoms with Gasteiger partial charge < -0.3 is 26.8 Å². The SMILES string of the molecule is CCN(CC)c1ccc2c(-c3ccccc3C(=O)O)c3ccc(=[N+](CC)C(C)N4C(=O)CSC4=S)cc-3oc2c1.[Cl-]. The zero-order valence-corrected chi connectivity index (χ0v) is 25.8. The van der Waals surface area contributed by atoms with Crippen LogP contribution in [-0.2, 0) is 4.79 Å². The average Bonchev–Trinajstić information content (AvgIpc) is 3.29. The number of carbonyl (C=O) groups excluding carboxylic acids is 1. The number of benzene rings is 3. The predicted octanol–water partition coefficient (Wildman–Crippen LogP) is 2.75. The summed E-state index contributed by atoms with van der Waals surface area (Å²) in [5.41, 5.74) is 4.21. The standard InChI is InChI=1S/C31H31N3O4S2.ClH/c1-5-32(6-2)20-12-14-24-26(16-20)38-27-17-21(33(7-3)19(4)34-28(35)18-40-31(34)39)13-15-25(27)29(24)22-10-8-9-11-23(22)30(36)37;/h8-17,19H,5-7,18H2,1-4H3;1H. The molecule has 2 heterocycles. The van der Waals surface area contributed by atoms with E-state index in [4.69, 9.17) is 16.6 Å². The minimum atomic E-state index is -0.982. The van der Waals surface area contributed by atoms with E-state index in [9.17, 15) is 14.7 Å². The Kier molecular flexibility index (Phi) is 9.41. The van der Waals surface area contributed by atoms with Gasteiger partial charge in [-0.1, -0.05) is 42.2 Å². The summed E-state index contributed by atoms with van der Waals surface area (Å²) < 4.78 is 9.26. The van der Waals surface area contributed by atoms with E-state index in [1.807, 2.05) is 56.3 Å². The highest BCUT2D eigenvalue weighted by molar-refractivity contribution is 8.23. The highest BCUT2D eigenvalue weighted by Crippen LogP contribution is 2.42. The van der Waals surface area contributed by atoms with Gasteiger partial charge in [0.1, 0.15) is 22.2 Å². The third kappa shape index (κ3) is 5.58. The van der Waals surface area contributed by atoms with Gasteiger partial charge in [0.25, 0.3) is 0 Å². The van der Waals surface area contributed by atoms with E-state index in [0.717, 1.165) is 40.6 Å². The molecule has 2 aliphatic heterocycles. The number of nitrogens with zero attached hydrogens (tertiary/aromatic N) is 3. The summed E-state index contributed by atoms with van der Waals surface area (Å²) in [4.78, 5) is 28.7. The van der Waals surface area contributed by atoms with Crippen molar-refractivity contribution in [1.29, 1.82) is 0 Å². The molecule has 0 aromatic heterocycles. The van der Waals surface area contributed by atoms with Crippen LogP contribution in [0.15, 0.2) is 65.1 Å². The number of halogens is 1. The molecule has 2 aromatic rings. The van der Waals surface area contributed by atoms with E-state index in [2.05, 4.69) is 29.4 Å². The molecule has 1 unspecified atom stereocenters. The second kappa shape index (κ2) is 12.6. The number of thioether (sulfide) groups is 1. The maximum atomic E-state index is 12.6. The molecule has 5 rings (SSSR count). The number of carboxylic acids is 1. The number of thiocarbonyl (C=S) groups is 1. The van der Waals surface area contributed by atoms with Crippen LogP contribution >= 0.6 is 24.0 Å². The van der Waals surface area contributed by atoms with Gasteiger partial charge >= 0.3 is 5.97 Å². The summed E-state index contributed by atoms with van der Waals surface area (Å²) in [5.74, 6) is 0.0198. The second-order valence-corrected chi connectivity index (χ2v) is 11.2. The van der Waals surface area contributed by atoms with Gasteiger partial charge in [0.15, 0.2) is 0 Å². The van der Waals surface area contributed by atoms with Crippen molar-refractivity contribution in [3.8, 4) is 22.5 Å². The molecule has 10 heteroatoms. The molecule has 1 fully saturated rings. The molecule has 1 amide bonds. The third-order valence-corrected chi connectivity index (χ3v) is 8.91. The van der Waals surface area contributed by atoms with Gasteiger partial charge in [-0.05, 0) is 50.6 Å². The Bertz CT molecular complexity index is 1670. The highest BCUT2D eigenvalue weighted by atomic mass is 35.5. The van der Waals surface area contributed by atoms with Crippen LogP contribution in [0.3, 0.4) is 0 Å². The average molecular weight is 610 g/mol. The number of hydrogen-bond donors (Lipinski definition) is 1. The summed E-state index contributed by atoms with van der Waals surface area (Å²) in [6, 6.07) is 19.1. The molecule has 1 N–H and O–H groups in total. The molecule has 0 spiro atoms. The maximum absolute atomic E-state index is 12.6. The minimum Gasteiger partial charge on any atom is -1.00 e. The number of carbonyl (C=O) groups is 2. The summed E-state index contributed by atoms with van der Waals surface area (Å²) in [5, 5.41) is 11.8. The molecule has 3 aliphatic rings. The third-order valence-electron chi connectivity index (χ3n) is 7.53. The normalized spacial score (nSPS) is 14.8. The molecule has 0 radical (unpaired) electrons. The molecule has 214 valence electrons. The lowest BCUT2D eigenvalue weighted by Gasteiger charge is -2.23. The van der Waals surface area contributed by atoms with Crippen LogP contribution in [0.25, 0.3) is 33.4 Å². The first-order valence-corrected chi connectivity index (χ1v) is 14.8. The Morgan fingerprint density at radius 1 is 1.10 bits per heavy atom. The van der Waals surface area contributed by atoms with E-state index in [1.165, 1.54) is 11.8 Å². The molecular weight excluding hydrogens is 578 g/mol. The van der Waals surface area contributed by atoms with Crippen LogP contribution < -0.4 is 27.2 Å². The van der Waals surface area contributed by atoms with E-state index < -0.39 is 5.97 Å². The number of rotatable bonds is 8. The quantitative estimate of drug-likeness (QED) is 0.187. The summed E-state index contributed by atoms with van der Waals surface area (Å²) in [6.07, 6.45) is -0.264. The fourth-order valence-corrected chi connectivity index (χ4v) is 6.75. The molecule has 41 heavy (non-hydrogen) atoms. The summed E-state index contributed by atoms with van der Waals surface area (Å²) >= 11 is 6.86. The van der Waals surface area contributed by atoms with Crippen LogP contribution in [0.2, 0.25) is 0 Å². The first-order valence-electron chi connectivity index (χ1n) is 13.5. The van der Waals surface area contributed by atoms with E-state index in [1.54, 1.807) is 17.0 Å². The minimum absolute atomic E-state index is 0. The van der Waals surface area contributed by atoms with Crippen LogP contribution in [0, 0.1) is 0 Å². The van der Waals surface area contributed by atoms with Gasteiger partial charge in [-0.25, -0.2) is 14.3 Å². The van der Waals surface area contributed by atoms with Gasteiger partial charge in [-0.15, -0.1) is 0 Å². The molecule has 1 saturated heterocycles. The first kappa shape index (κ1) is 30.6. The molecule has 1 atom stereocenters. The molecule has 0 saturated carbocycles. The molecule has 1 aliphatic carbocycles. The van der Waals surface area contributed by atoms with Crippen molar-refractivity contribution in [2.45, 2.75) is 33.9 Å². The number of aromatic carboxylic acids is 1. The first-order chi connectivity index (χ1) is 19.3. The van der Waals surface area contributed by atoms with Gasteiger partial charge in [0, 0.05) is 54.3 Å². The number of carboxylic acid groups (broad SMARTS) is 1. The van der Waals surface area contributed by atoms with Crippen molar-refractivity contribution >= 4 is 56.8 Å². The largest absolute Gasteiger partial charge is 1.00 e. The lowest BCUT2D eigenvalue weighted by molar-refractivity contribution is -0.126. The van der Waals surface area contributed by atoms with Gasteiger partial charge in [-0.3, -0.25) is 4.79 Å². The van der Waals surface area contributed by atoms with Crippen molar-refractivity contribution < 1.29 is 31.5 Å². The highest BCUT2D eigenvalue weighted by Gasteiger charge is 2.36. The maximum Gasteiger partial charge on any atom is 0.336 e. The number of anilines is 1. The lowest BCUT2D eigenvalue weighted by atomic mass is 9.90. The topological polar surface area (TPSA) is 77.0 Å². The van der Waals surface area contributed by atoms with Crippen LogP contribution in [0.4, 0.5) is 5.69 Å². The van der Waals surface area contributed by atoms with Gasteiger partial charge in [0.2, 0.25) is 17.4 Å². The van der Waals surface area contributed by atoms with Crippen LogP contribution in [0.1, 0.15) is 38.1 Å². The number of fused-ring (bicyclic) bond motifs is 2. The molecule has 7 nitrogen and oxygen atoms in total. The second-order valence-electron chi connectivity index (χ2n) is 9.60. The van der Waals surface area contributed by atoms with Crippen molar-refractivity contribution in [3.63, 3.8) is 0 Å². The van der Waals surface area contributed by atoms with Crippen LogP contribution in [0.5, 0.6) is 0 Å².